The van der Waals surface area contributed by atoms with Crippen LogP contribution in [0.1, 0.15) is 426 Å². The topological polar surface area (TPSA) is 237 Å². The zero-order chi connectivity index (χ0) is 72.7. The Labute approximate surface area is 607 Å². The van der Waals surface area contributed by atoms with Gasteiger partial charge in [0.1, 0.15) is 19.3 Å². The average Bonchev–Trinajstić information content (AvgIpc) is 1.02. The van der Waals surface area contributed by atoms with E-state index >= 15 is 0 Å². The molecule has 0 rings (SSSR count). The largest absolute Gasteiger partial charge is 0.472 e. The number of hydrogen-bond donors (Lipinski definition) is 3. The maximum atomic E-state index is 13.1. The summed E-state index contributed by atoms with van der Waals surface area (Å²) in [7, 11) is -9.92. The van der Waals surface area contributed by atoms with Crippen molar-refractivity contribution < 1.29 is 80.2 Å². The summed E-state index contributed by atoms with van der Waals surface area (Å²) in [5.74, 6) is -1.38. The minimum absolute atomic E-state index is 0.108. The molecular weight excluding hydrogens is 1290 g/mol. The summed E-state index contributed by atoms with van der Waals surface area (Å²) in [5, 5.41) is 10.6. The van der Waals surface area contributed by atoms with Crippen LogP contribution >= 0.6 is 15.6 Å². The Bertz CT molecular complexity index is 1890. The number of esters is 4. The zero-order valence-electron chi connectivity index (χ0n) is 64.6. The van der Waals surface area contributed by atoms with Crippen LogP contribution in [0.2, 0.25) is 0 Å². The Morgan fingerprint density at radius 3 is 0.687 bits per heavy atom. The van der Waals surface area contributed by atoms with Gasteiger partial charge in [-0.05, 0) is 31.6 Å². The maximum Gasteiger partial charge on any atom is 0.472 e. The molecular formula is C80H156O17P2. The first kappa shape index (κ1) is 97.1. The van der Waals surface area contributed by atoms with E-state index in [0.29, 0.717) is 25.7 Å². The summed E-state index contributed by atoms with van der Waals surface area (Å²) in [6.07, 6.45) is 63.7. The lowest BCUT2D eigenvalue weighted by Crippen LogP contribution is -2.30. The highest BCUT2D eigenvalue weighted by atomic mass is 31.2. The first-order valence-corrected chi connectivity index (χ1v) is 44.6. The molecule has 0 aliphatic carbocycles. The lowest BCUT2D eigenvalue weighted by atomic mass is 10.0. The van der Waals surface area contributed by atoms with Gasteiger partial charge in [-0.25, -0.2) is 9.13 Å². The third kappa shape index (κ3) is 74.1. The number of aliphatic hydroxyl groups excluding tert-OH is 1. The first-order valence-electron chi connectivity index (χ1n) is 41.6. The van der Waals surface area contributed by atoms with Gasteiger partial charge in [-0.3, -0.25) is 37.3 Å². The van der Waals surface area contributed by atoms with Crippen molar-refractivity contribution in [1.29, 1.82) is 0 Å². The molecule has 0 amide bonds. The fourth-order valence-electron chi connectivity index (χ4n) is 12.4. The summed E-state index contributed by atoms with van der Waals surface area (Å²) in [6.45, 7) is 7.30. The highest BCUT2D eigenvalue weighted by Crippen LogP contribution is 2.45. The van der Waals surface area contributed by atoms with Crippen LogP contribution in [0, 0.1) is 5.92 Å². The summed E-state index contributed by atoms with van der Waals surface area (Å²) < 4.78 is 68.7. The summed E-state index contributed by atoms with van der Waals surface area (Å²) in [5.41, 5.74) is 0. The molecule has 0 aliphatic rings. The van der Waals surface area contributed by atoms with E-state index in [1.54, 1.807) is 0 Å². The van der Waals surface area contributed by atoms with Gasteiger partial charge < -0.3 is 33.8 Å². The predicted octanol–water partition coefficient (Wildman–Crippen LogP) is 24.0. The van der Waals surface area contributed by atoms with Crippen molar-refractivity contribution in [3.8, 4) is 0 Å². The number of aliphatic hydroxyl groups is 1. The van der Waals surface area contributed by atoms with Crippen LogP contribution in [-0.4, -0.2) is 96.7 Å². The lowest BCUT2D eigenvalue weighted by Gasteiger charge is -2.21. The summed E-state index contributed by atoms with van der Waals surface area (Å²) in [6, 6.07) is 0. The number of rotatable bonds is 80. The van der Waals surface area contributed by atoms with Crippen LogP contribution in [0.4, 0.5) is 0 Å². The molecule has 0 fully saturated rings. The molecule has 19 heteroatoms. The van der Waals surface area contributed by atoms with Crippen LogP contribution in [0.25, 0.3) is 0 Å². The molecule has 0 heterocycles. The van der Waals surface area contributed by atoms with Gasteiger partial charge in [0.15, 0.2) is 12.2 Å². The van der Waals surface area contributed by atoms with E-state index in [0.717, 1.165) is 95.8 Å². The van der Waals surface area contributed by atoms with Crippen molar-refractivity contribution in [2.24, 2.45) is 5.92 Å². The zero-order valence-corrected chi connectivity index (χ0v) is 66.4. The molecule has 5 atom stereocenters. The van der Waals surface area contributed by atoms with Crippen molar-refractivity contribution in [3.63, 3.8) is 0 Å². The van der Waals surface area contributed by atoms with Crippen LogP contribution in [-0.2, 0) is 65.4 Å². The first-order chi connectivity index (χ1) is 48.0. The Kier molecular flexibility index (Phi) is 71.6. The molecule has 99 heavy (non-hydrogen) atoms. The number of carbonyl (C=O) groups is 4. The molecule has 17 nitrogen and oxygen atoms in total. The second kappa shape index (κ2) is 73.0. The van der Waals surface area contributed by atoms with Gasteiger partial charge >= 0.3 is 39.5 Å². The third-order valence-electron chi connectivity index (χ3n) is 18.8. The van der Waals surface area contributed by atoms with Crippen molar-refractivity contribution in [3.05, 3.63) is 0 Å². The molecule has 0 bridgehead atoms. The molecule has 0 aromatic carbocycles. The Balaban J connectivity index is 5.25. The number of unbranched alkanes of at least 4 members (excludes halogenated alkanes) is 52. The molecule has 588 valence electrons. The lowest BCUT2D eigenvalue weighted by molar-refractivity contribution is -0.161. The highest BCUT2D eigenvalue weighted by Gasteiger charge is 2.30. The van der Waals surface area contributed by atoms with Crippen molar-refractivity contribution in [2.45, 2.75) is 445 Å². The van der Waals surface area contributed by atoms with Gasteiger partial charge in [0, 0.05) is 25.7 Å². The van der Waals surface area contributed by atoms with E-state index < -0.39 is 97.5 Å². The minimum Gasteiger partial charge on any atom is -0.462 e. The normalized spacial score (nSPS) is 13.9. The smallest absolute Gasteiger partial charge is 0.462 e. The van der Waals surface area contributed by atoms with Crippen LogP contribution in [0.5, 0.6) is 0 Å². The predicted molar refractivity (Wildman–Crippen MR) is 405 cm³/mol. The van der Waals surface area contributed by atoms with E-state index in [2.05, 4.69) is 34.6 Å². The maximum absolute atomic E-state index is 13.1. The van der Waals surface area contributed by atoms with Crippen molar-refractivity contribution in [2.75, 3.05) is 39.6 Å². The van der Waals surface area contributed by atoms with Gasteiger partial charge in [-0.2, -0.15) is 0 Å². The molecule has 0 saturated heterocycles. The van der Waals surface area contributed by atoms with Gasteiger partial charge in [0.2, 0.25) is 0 Å². The molecule has 0 aromatic heterocycles. The minimum atomic E-state index is -4.96. The van der Waals surface area contributed by atoms with Gasteiger partial charge in [0.05, 0.1) is 26.4 Å². The molecule has 3 N–H and O–H groups in total. The fourth-order valence-corrected chi connectivity index (χ4v) is 14.0. The molecule has 0 spiro atoms. The fraction of sp³-hybridized carbons (Fsp3) is 0.950. The second-order valence-corrected chi connectivity index (χ2v) is 32.2. The van der Waals surface area contributed by atoms with Crippen LogP contribution < -0.4 is 0 Å². The number of phosphoric acid groups is 2. The molecule has 0 aliphatic heterocycles. The Morgan fingerprint density at radius 1 is 0.273 bits per heavy atom. The standard InChI is InChI=1S/C80H156O17P2/c1-6-9-12-15-18-21-24-27-30-32-35-38-41-44-51-56-61-66-79(84)96-75(69-90-77(82)63-58-53-48-42-39-36-34-31-28-25-22-19-16-13-10-7-2)71-94-98(86,87)92-67-74(81)68-93-99(88,89)95-72-76(70-91-78(83)64-59-54-49-46-45-47-52-57-62-73(4)5)97-80(85)65-60-55-50-43-40-37-33-29-26-23-20-17-14-11-8-3/h73-76,81H,6-72H2,1-5H3,(H,86,87)(H,88,89)/t74-,75-,76-/m1/s1. The molecule has 0 radical (unpaired) electrons. The van der Waals surface area contributed by atoms with Gasteiger partial charge in [0.25, 0.3) is 0 Å². The number of phosphoric ester groups is 2. The summed E-state index contributed by atoms with van der Waals surface area (Å²) in [4.78, 5) is 73.0. The molecule has 0 aromatic rings. The van der Waals surface area contributed by atoms with Crippen molar-refractivity contribution >= 4 is 39.5 Å². The SMILES string of the molecule is CCCCCCCCCCCCCCCCCCCC(=O)O[C@H](COC(=O)CCCCCCCCCCCCCCCCCC)COP(=O)(O)OC[C@@H](O)COP(=O)(O)OC[C@@H](COC(=O)CCCCCCCCCCC(C)C)OC(=O)CCCCCCCCCCCCCCCCC. The van der Waals surface area contributed by atoms with E-state index in [4.69, 9.17) is 37.0 Å². The van der Waals surface area contributed by atoms with Gasteiger partial charge in [-0.15, -0.1) is 0 Å². The Morgan fingerprint density at radius 2 is 0.465 bits per heavy atom. The van der Waals surface area contributed by atoms with Gasteiger partial charge in [-0.1, -0.05) is 375 Å². The average molecular weight is 1450 g/mol. The van der Waals surface area contributed by atoms with Crippen LogP contribution in [0.15, 0.2) is 0 Å². The van der Waals surface area contributed by atoms with E-state index in [1.165, 1.54) is 250 Å². The molecule has 0 saturated carbocycles. The quantitative estimate of drug-likeness (QED) is 0.0222. The van der Waals surface area contributed by atoms with E-state index in [-0.39, 0.29) is 25.7 Å². The monoisotopic (exact) mass is 1450 g/mol. The van der Waals surface area contributed by atoms with E-state index in [1.807, 2.05) is 0 Å². The summed E-state index contributed by atoms with van der Waals surface area (Å²) >= 11 is 0. The number of hydrogen-bond acceptors (Lipinski definition) is 15. The second-order valence-electron chi connectivity index (χ2n) is 29.3. The van der Waals surface area contributed by atoms with E-state index in [9.17, 15) is 43.2 Å². The highest BCUT2D eigenvalue weighted by molar-refractivity contribution is 7.47. The number of carbonyl (C=O) groups excluding carboxylic acids is 4. The van der Waals surface area contributed by atoms with Crippen LogP contribution in [0.3, 0.4) is 0 Å². The number of ether oxygens (including phenoxy) is 4. The third-order valence-corrected chi connectivity index (χ3v) is 20.7. The Hall–Kier alpha value is -1.94. The van der Waals surface area contributed by atoms with Crippen molar-refractivity contribution in [1.82, 2.24) is 0 Å². The molecule has 2 unspecified atom stereocenters.